The summed E-state index contributed by atoms with van der Waals surface area (Å²) in [6.45, 7) is 5.44. The Hall–Kier alpha value is -1.83. The Morgan fingerprint density at radius 1 is 1.71 bits per heavy atom. The van der Waals surface area contributed by atoms with Crippen molar-refractivity contribution in [1.29, 1.82) is 5.26 Å². The molecular formula is C12H18N4O. The van der Waals surface area contributed by atoms with Gasteiger partial charge in [0.1, 0.15) is 11.2 Å². The Kier molecular flexibility index (Phi) is 4.27. The van der Waals surface area contributed by atoms with Crippen molar-refractivity contribution in [3.8, 4) is 6.07 Å². The Morgan fingerprint density at radius 3 is 2.82 bits per heavy atom. The van der Waals surface area contributed by atoms with Crippen molar-refractivity contribution in [3.05, 3.63) is 18.2 Å². The molecule has 5 nitrogen and oxygen atoms in total. The van der Waals surface area contributed by atoms with Crippen molar-refractivity contribution in [2.45, 2.75) is 39.7 Å². The second kappa shape index (κ2) is 5.48. The Balaban J connectivity index is 2.77. The lowest BCUT2D eigenvalue weighted by Crippen LogP contribution is -2.39. The normalized spacial score (nSPS) is 15.6. The number of carbonyl (C=O) groups is 1. The Bertz CT molecular complexity index is 407. The van der Waals surface area contributed by atoms with Crippen molar-refractivity contribution >= 4 is 5.91 Å². The predicted octanol–water partition coefficient (Wildman–Crippen LogP) is 1.92. The Labute approximate surface area is 101 Å². The molecule has 0 saturated carbocycles. The summed E-state index contributed by atoms with van der Waals surface area (Å²) in [4.78, 5) is 19.1. The van der Waals surface area contributed by atoms with Crippen LogP contribution < -0.4 is 5.32 Å². The van der Waals surface area contributed by atoms with Gasteiger partial charge in [0.2, 0.25) is 5.91 Å². The maximum absolute atomic E-state index is 12.0. The molecule has 1 rings (SSSR count). The number of imidazole rings is 1. The third-order valence-corrected chi connectivity index (χ3v) is 3.02. The van der Waals surface area contributed by atoms with Crippen LogP contribution in [0.2, 0.25) is 0 Å². The van der Waals surface area contributed by atoms with Gasteiger partial charge < -0.3 is 10.3 Å². The van der Waals surface area contributed by atoms with E-state index in [4.69, 9.17) is 5.26 Å². The molecule has 1 heterocycles. The number of nitrogens with zero attached hydrogens (tertiary/aromatic N) is 2. The van der Waals surface area contributed by atoms with Crippen LogP contribution in [0.1, 0.15) is 45.5 Å². The van der Waals surface area contributed by atoms with Crippen LogP contribution in [0.15, 0.2) is 12.4 Å². The zero-order valence-electron chi connectivity index (χ0n) is 10.4. The minimum atomic E-state index is -0.972. The molecule has 1 amide bonds. The third kappa shape index (κ3) is 2.84. The summed E-state index contributed by atoms with van der Waals surface area (Å²) in [6.07, 6.45) is 4.58. The molecule has 0 aromatic carbocycles. The number of aromatic amines is 1. The molecule has 2 atom stereocenters. The van der Waals surface area contributed by atoms with Gasteiger partial charge in [-0.1, -0.05) is 13.8 Å². The van der Waals surface area contributed by atoms with Gasteiger partial charge in [0.25, 0.3) is 0 Å². The van der Waals surface area contributed by atoms with E-state index in [0.29, 0.717) is 6.42 Å². The smallest absolute Gasteiger partial charge is 0.240 e. The highest BCUT2D eigenvalue weighted by Crippen LogP contribution is 2.22. The van der Waals surface area contributed by atoms with Gasteiger partial charge in [-0.05, 0) is 19.8 Å². The number of carbonyl (C=O) groups excluding carboxylic acids is 1. The molecular weight excluding hydrogens is 216 g/mol. The number of amides is 1. The summed E-state index contributed by atoms with van der Waals surface area (Å²) in [5, 5.41) is 11.9. The molecule has 1 aromatic heterocycles. The van der Waals surface area contributed by atoms with E-state index in [-0.39, 0.29) is 11.9 Å². The first-order valence-corrected chi connectivity index (χ1v) is 5.78. The molecule has 92 valence electrons. The summed E-state index contributed by atoms with van der Waals surface area (Å²) in [5.41, 5.74) is -0.972. The van der Waals surface area contributed by atoms with Crippen LogP contribution >= 0.6 is 0 Å². The van der Waals surface area contributed by atoms with Crippen LogP contribution in [0.3, 0.4) is 0 Å². The van der Waals surface area contributed by atoms with Gasteiger partial charge in [-0.15, -0.1) is 0 Å². The number of hydrogen-bond acceptors (Lipinski definition) is 3. The number of nitrogens with one attached hydrogen (secondary N) is 2. The molecule has 1 aromatic rings. The molecule has 2 N–H and O–H groups in total. The fraction of sp³-hybridized carbons (Fsp3) is 0.583. The van der Waals surface area contributed by atoms with Crippen molar-refractivity contribution in [3.63, 3.8) is 0 Å². The van der Waals surface area contributed by atoms with Gasteiger partial charge in [-0.3, -0.25) is 4.79 Å². The standard InChI is InChI=1S/C12H18N4O/c1-4-9(10-14-6-7-15-10)16-11(17)12(3,5-2)8-13/h6-7,9H,4-5H2,1-3H3,(H,14,15)(H,16,17). The van der Waals surface area contributed by atoms with E-state index in [1.54, 1.807) is 19.3 Å². The van der Waals surface area contributed by atoms with E-state index in [0.717, 1.165) is 12.2 Å². The fourth-order valence-electron chi connectivity index (χ4n) is 1.44. The monoisotopic (exact) mass is 234 g/mol. The molecule has 0 aliphatic carbocycles. The van der Waals surface area contributed by atoms with Gasteiger partial charge in [0.05, 0.1) is 12.1 Å². The second-order valence-corrected chi connectivity index (χ2v) is 4.21. The topological polar surface area (TPSA) is 81.6 Å². The van der Waals surface area contributed by atoms with E-state index >= 15 is 0 Å². The van der Waals surface area contributed by atoms with Crippen LogP contribution in [0.4, 0.5) is 0 Å². The first-order chi connectivity index (χ1) is 8.07. The van der Waals surface area contributed by atoms with Gasteiger partial charge in [0.15, 0.2) is 0 Å². The first-order valence-electron chi connectivity index (χ1n) is 5.78. The maximum Gasteiger partial charge on any atom is 0.240 e. The lowest BCUT2D eigenvalue weighted by molar-refractivity contribution is -0.128. The second-order valence-electron chi connectivity index (χ2n) is 4.21. The average Bonchev–Trinajstić information content (AvgIpc) is 2.88. The summed E-state index contributed by atoms with van der Waals surface area (Å²) in [5.74, 6) is 0.475. The largest absolute Gasteiger partial charge is 0.347 e. The lowest BCUT2D eigenvalue weighted by atomic mass is 9.88. The third-order valence-electron chi connectivity index (χ3n) is 3.02. The molecule has 0 spiro atoms. The molecule has 5 heteroatoms. The zero-order valence-corrected chi connectivity index (χ0v) is 10.4. The molecule has 0 fully saturated rings. The summed E-state index contributed by atoms with van der Waals surface area (Å²) in [6, 6.07) is 1.89. The fourth-order valence-corrected chi connectivity index (χ4v) is 1.44. The number of rotatable bonds is 5. The molecule has 0 saturated heterocycles. The van der Waals surface area contributed by atoms with Gasteiger partial charge in [0, 0.05) is 12.4 Å². The number of nitriles is 1. The van der Waals surface area contributed by atoms with Crippen molar-refractivity contribution in [1.82, 2.24) is 15.3 Å². The van der Waals surface area contributed by atoms with Gasteiger partial charge in [-0.2, -0.15) is 5.26 Å². The van der Waals surface area contributed by atoms with Crippen LogP contribution in [0, 0.1) is 16.7 Å². The number of aromatic nitrogens is 2. The van der Waals surface area contributed by atoms with E-state index in [2.05, 4.69) is 21.4 Å². The molecule has 17 heavy (non-hydrogen) atoms. The molecule has 0 aliphatic rings. The van der Waals surface area contributed by atoms with Crippen LogP contribution in [-0.2, 0) is 4.79 Å². The van der Waals surface area contributed by atoms with Gasteiger partial charge >= 0.3 is 0 Å². The lowest BCUT2D eigenvalue weighted by Gasteiger charge is -2.22. The van der Waals surface area contributed by atoms with E-state index < -0.39 is 5.41 Å². The van der Waals surface area contributed by atoms with Crippen LogP contribution in [0.5, 0.6) is 0 Å². The minimum Gasteiger partial charge on any atom is -0.347 e. The number of hydrogen-bond donors (Lipinski definition) is 2. The highest BCUT2D eigenvalue weighted by Gasteiger charge is 2.32. The van der Waals surface area contributed by atoms with Crippen LogP contribution in [0.25, 0.3) is 0 Å². The Morgan fingerprint density at radius 2 is 2.41 bits per heavy atom. The summed E-state index contributed by atoms with van der Waals surface area (Å²) >= 11 is 0. The SMILES string of the molecule is CCC(NC(=O)C(C)(C#N)CC)c1ncc[nH]1. The van der Waals surface area contributed by atoms with E-state index in [9.17, 15) is 4.79 Å². The highest BCUT2D eigenvalue weighted by atomic mass is 16.2. The zero-order chi connectivity index (χ0) is 12.9. The minimum absolute atomic E-state index is 0.170. The quantitative estimate of drug-likeness (QED) is 0.816. The maximum atomic E-state index is 12.0. The van der Waals surface area contributed by atoms with E-state index in [1.807, 2.05) is 13.8 Å². The van der Waals surface area contributed by atoms with Crippen LogP contribution in [-0.4, -0.2) is 15.9 Å². The van der Waals surface area contributed by atoms with Crippen molar-refractivity contribution < 1.29 is 4.79 Å². The molecule has 0 radical (unpaired) electrons. The van der Waals surface area contributed by atoms with E-state index in [1.165, 1.54) is 0 Å². The van der Waals surface area contributed by atoms with Crippen molar-refractivity contribution in [2.24, 2.45) is 5.41 Å². The summed E-state index contributed by atoms with van der Waals surface area (Å²) < 4.78 is 0. The molecule has 0 bridgehead atoms. The first kappa shape index (κ1) is 13.2. The number of H-pyrrole nitrogens is 1. The predicted molar refractivity (Wildman–Crippen MR) is 63.8 cm³/mol. The van der Waals surface area contributed by atoms with Crippen molar-refractivity contribution in [2.75, 3.05) is 0 Å². The molecule has 0 aliphatic heterocycles. The van der Waals surface area contributed by atoms with Gasteiger partial charge in [-0.25, -0.2) is 4.98 Å². The highest BCUT2D eigenvalue weighted by molar-refractivity contribution is 5.85. The molecule has 2 unspecified atom stereocenters. The average molecular weight is 234 g/mol. The summed E-state index contributed by atoms with van der Waals surface area (Å²) in [7, 11) is 0.